The maximum absolute atomic E-state index is 10.9. The second kappa shape index (κ2) is 12.2. The summed E-state index contributed by atoms with van der Waals surface area (Å²) in [6.07, 6.45) is 0. The summed E-state index contributed by atoms with van der Waals surface area (Å²) in [5, 5.41) is 10.9. The van der Waals surface area contributed by atoms with E-state index in [1.807, 2.05) is 86.3 Å². The van der Waals surface area contributed by atoms with Crippen LogP contribution in [0.15, 0.2) is 109 Å². The van der Waals surface area contributed by atoms with Gasteiger partial charge in [0.05, 0.1) is 24.4 Å². The van der Waals surface area contributed by atoms with Crippen molar-refractivity contribution < 1.29 is 0 Å². The molecule has 0 heterocycles. The van der Waals surface area contributed by atoms with Crippen molar-refractivity contribution in [2.45, 2.75) is 52.4 Å². The van der Waals surface area contributed by atoms with Gasteiger partial charge in [-0.25, -0.2) is 9.69 Å². The van der Waals surface area contributed by atoms with Gasteiger partial charge in [0, 0.05) is 11.4 Å². The summed E-state index contributed by atoms with van der Waals surface area (Å²) < 4.78 is 0. The van der Waals surface area contributed by atoms with E-state index in [4.69, 9.17) is 13.1 Å². The Morgan fingerprint density at radius 2 is 0.911 bits per heavy atom. The zero-order valence-corrected chi connectivity index (χ0v) is 26.7. The number of anilines is 3. The third-order valence-electron chi connectivity index (χ3n) is 7.95. The van der Waals surface area contributed by atoms with Crippen LogP contribution in [0.1, 0.15) is 58.2 Å². The number of nitrogens with zero attached hydrogens (tertiary/aromatic N) is 4. The van der Waals surface area contributed by atoms with Gasteiger partial charge in [0.15, 0.2) is 0 Å². The van der Waals surface area contributed by atoms with Crippen LogP contribution in [-0.4, -0.2) is 0 Å². The predicted molar refractivity (Wildman–Crippen MR) is 187 cm³/mol. The topological polar surface area (TPSA) is 35.8 Å². The third-order valence-corrected chi connectivity index (χ3v) is 7.95. The summed E-state index contributed by atoms with van der Waals surface area (Å²) in [6.45, 7) is 29.0. The highest BCUT2D eigenvalue weighted by molar-refractivity contribution is 5.98. The second-order valence-electron chi connectivity index (χ2n) is 13.2. The van der Waals surface area contributed by atoms with Crippen LogP contribution in [0.25, 0.3) is 31.9 Å². The Morgan fingerprint density at radius 1 is 0.533 bits per heavy atom. The quantitative estimate of drug-likeness (QED) is 0.193. The van der Waals surface area contributed by atoms with Crippen molar-refractivity contribution in [3.05, 3.63) is 149 Å². The number of rotatable bonds is 5. The van der Waals surface area contributed by atoms with Gasteiger partial charge in [0.25, 0.3) is 0 Å². The van der Waals surface area contributed by atoms with Gasteiger partial charge in [0.2, 0.25) is 11.4 Å². The maximum Gasteiger partial charge on any atom is 0.219 e. The van der Waals surface area contributed by atoms with Gasteiger partial charge in [0.1, 0.15) is 6.07 Å². The van der Waals surface area contributed by atoms with Crippen LogP contribution in [0.2, 0.25) is 0 Å². The normalized spacial score (nSPS) is 11.3. The molecule has 0 aliphatic carbocycles. The lowest BCUT2D eigenvalue weighted by Gasteiger charge is -2.37. The average Bonchev–Trinajstić information content (AvgIpc) is 3.04. The highest BCUT2D eigenvalue weighted by atomic mass is 15.2. The van der Waals surface area contributed by atoms with E-state index < -0.39 is 10.8 Å². The first-order valence-corrected chi connectivity index (χ1v) is 15.0. The van der Waals surface area contributed by atoms with Gasteiger partial charge in [-0.3, -0.25) is 0 Å². The van der Waals surface area contributed by atoms with E-state index in [-0.39, 0.29) is 5.69 Å². The molecule has 0 bridgehead atoms. The van der Waals surface area contributed by atoms with Crippen molar-refractivity contribution in [2.75, 3.05) is 4.90 Å². The molecule has 0 aromatic heterocycles. The molecule has 220 valence electrons. The van der Waals surface area contributed by atoms with Gasteiger partial charge >= 0.3 is 0 Å². The standard InChI is InChI=1S/C41H36N4/c1-40(2,3)35-34(27-42)39(38(44-8)37(43-7)36(35)41(4,5)6)45(32-23-19-30(20-24-32)28-15-11-9-12-16-28)33-25-21-31(22-26-33)29-17-13-10-14-18-29/h9-26H,1-6H3. The number of nitriles is 1. The van der Waals surface area contributed by atoms with Crippen LogP contribution in [0.4, 0.5) is 28.4 Å². The number of hydrogen-bond acceptors (Lipinski definition) is 2. The summed E-state index contributed by atoms with van der Waals surface area (Å²) in [5.41, 5.74) is 7.90. The Hall–Kier alpha value is -5.63. The number of benzene rings is 5. The Bertz CT molecular complexity index is 1870. The molecule has 0 saturated heterocycles. The number of hydrogen-bond donors (Lipinski definition) is 0. The van der Waals surface area contributed by atoms with Gasteiger partial charge in [-0.1, -0.05) is 126 Å². The molecule has 5 aromatic carbocycles. The second-order valence-corrected chi connectivity index (χ2v) is 13.2. The van der Waals surface area contributed by atoms with E-state index in [2.05, 4.69) is 85.1 Å². The molecule has 0 aliphatic heterocycles. The summed E-state index contributed by atoms with van der Waals surface area (Å²) in [6, 6.07) is 39.2. The van der Waals surface area contributed by atoms with Crippen molar-refractivity contribution in [3.63, 3.8) is 0 Å². The Labute approximate surface area is 267 Å². The molecule has 0 radical (unpaired) electrons. The Balaban J connectivity index is 1.85. The highest BCUT2D eigenvalue weighted by Gasteiger charge is 2.37. The molecule has 4 nitrogen and oxygen atoms in total. The lowest BCUT2D eigenvalue weighted by atomic mass is 9.71. The fourth-order valence-corrected chi connectivity index (χ4v) is 6.01. The van der Waals surface area contributed by atoms with Crippen molar-refractivity contribution >= 4 is 28.4 Å². The zero-order valence-electron chi connectivity index (χ0n) is 26.7. The van der Waals surface area contributed by atoms with Crippen molar-refractivity contribution in [1.29, 1.82) is 5.26 Å². The zero-order chi connectivity index (χ0) is 32.4. The predicted octanol–water partition coefficient (Wildman–Crippen LogP) is 12.1. The maximum atomic E-state index is 10.9. The van der Waals surface area contributed by atoms with Crippen molar-refractivity contribution in [1.82, 2.24) is 0 Å². The molecule has 4 heteroatoms. The van der Waals surface area contributed by atoms with Gasteiger partial charge < -0.3 is 4.90 Å². The molecule has 0 aliphatic rings. The van der Waals surface area contributed by atoms with E-state index in [1.165, 1.54) is 0 Å². The summed E-state index contributed by atoms with van der Waals surface area (Å²) in [5.74, 6) is 0. The molecule has 0 fully saturated rings. The molecule has 0 N–H and O–H groups in total. The van der Waals surface area contributed by atoms with E-state index >= 15 is 0 Å². The fourth-order valence-electron chi connectivity index (χ4n) is 6.01. The van der Waals surface area contributed by atoms with E-state index in [9.17, 15) is 5.26 Å². The monoisotopic (exact) mass is 584 g/mol. The molecule has 0 unspecified atom stereocenters. The minimum absolute atomic E-state index is 0.193. The van der Waals surface area contributed by atoms with Crippen LogP contribution in [0.5, 0.6) is 0 Å². The molecular formula is C41H36N4. The van der Waals surface area contributed by atoms with Gasteiger partial charge in [-0.05, 0) is 68.5 Å². The van der Waals surface area contributed by atoms with Gasteiger partial charge in [-0.2, -0.15) is 5.26 Å². The summed E-state index contributed by atoms with van der Waals surface area (Å²) >= 11 is 0. The first-order chi connectivity index (χ1) is 21.5. The average molecular weight is 585 g/mol. The van der Waals surface area contributed by atoms with Crippen LogP contribution in [0.3, 0.4) is 0 Å². The Kier molecular flexibility index (Phi) is 8.33. The molecule has 5 rings (SSSR count). The van der Waals surface area contributed by atoms with E-state index in [0.717, 1.165) is 44.8 Å². The van der Waals surface area contributed by atoms with Crippen LogP contribution >= 0.6 is 0 Å². The molecule has 45 heavy (non-hydrogen) atoms. The Morgan fingerprint density at radius 3 is 1.24 bits per heavy atom. The lowest BCUT2D eigenvalue weighted by molar-refractivity contribution is 0.531. The minimum Gasteiger partial charge on any atom is -0.320 e. The minimum atomic E-state index is -0.470. The molecule has 5 aromatic rings. The fraction of sp³-hybridized carbons (Fsp3) is 0.195. The SMILES string of the molecule is [C-]#[N+]c1c([N+]#[C-])c(C(C)(C)C)c(C(C)(C)C)c(C#N)c1N(c1ccc(-c2ccccc2)cc1)c1ccc(-c2ccccc2)cc1. The first kappa shape index (κ1) is 30.8. The molecular weight excluding hydrogens is 548 g/mol. The smallest absolute Gasteiger partial charge is 0.219 e. The van der Waals surface area contributed by atoms with Crippen molar-refractivity contribution in [2.24, 2.45) is 0 Å². The van der Waals surface area contributed by atoms with Gasteiger partial charge in [-0.15, -0.1) is 0 Å². The van der Waals surface area contributed by atoms with E-state index in [1.54, 1.807) is 0 Å². The molecule has 0 amide bonds. The largest absolute Gasteiger partial charge is 0.320 e. The summed E-state index contributed by atoms with van der Waals surface area (Å²) in [4.78, 5) is 9.97. The molecule has 0 spiro atoms. The molecule has 0 saturated carbocycles. The van der Waals surface area contributed by atoms with Crippen molar-refractivity contribution in [3.8, 4) is 28.3 Å². The van der Waals surface area contributed by atoms with Crippen LogP contribution in [0, 0.1) is 24.5 Å². The highest BCUT2D eigenvalue weighted by Crippen LogP contribution is 2.55. The summed E-state index contributed by atoms with van der Waals surface area (Å²) in [7, 11) is 0. The van der Waals surface area contributed by atoms with Crippen LogP contribution in [-0.2, 0) is 10.8 Å². The van der Waals surface area contributed by atoms with Crippen LogP contribution < -0.4 is 4.90 Å². The first-order valence-electron chi connectivity index (χ1n) is 15.0. The lowest BCUT2D eigenvalue weighted by Crippen LogP contribution is -2.25. The van der Waals surface area contributed by atoms with E-state index in [0.29, 0.717) is 16.9 Å². The molecule has 0 atom stereocenters. The third kappa shape index (κ3) is 5.95.